The Balaban J connectivity index is 1.83. The molecule has 3 amide bonds. The highest BCUT2D eigenvalue weighted by molar-refractivity contribution is 9.10. The predicted molar refractivity (Wildman–Crippen MR) is 120 cm³/mol. The minimum atomic E-state index is -2.17. The molecule has 0 aromatic heterocycles. The van der Waals surface area contributed by atoms with Gasteiger partial charge in [-0.15, -0.1) is 0 Å². The van der Waals surface area contributed by atoms with Gasteiger partial charge in [-0.05, 0) is 68.1 Å². The second kappa shape index (κ2) is 8.04. The predicted octanol–water partition coefficient (Wildman–Crippen LogP) is 4.71. The number of carbonyl (C=O) groups is 2. The van der Waals surface area contributed by atoms with Gasteiger partial charge < -0.3 is 15.7 Å². The summed E-state index contributed by atoms with van der Waals surface area (Å²) in [5.41, 5.74) is 1.08. The van der Waals surface area contributed by atoms with E-state index < -0.39 is 17.7 Å². The molecule has 0 bridgehead atoms. The molecule has 0 spiro atoms. The molecule has 7 heteroatoms. The zero-order valence-corrected chi connectivity index (χ0v) is 18.8. The number of urea groups is 1. The fourth-order valence-corrected chi connectivity index (χ4v) is 4.64. The third-order valence-corrected chi connectivity index (χ3v) is 6.62. The summed E-state index contributed by atoms with van der Waals surface area (Å²) in [6.07, 6.45) is 5.01. The van der Waals surface area contributed by atoms with Crippen LogP contribution in [-0.4, -0.2) is 23.1 Å². The van der Waals surface area contributed by atoms with Gasteiger partial charge in [0.2, 0.25) is 0 Å². The van der Waals surface area contributed by atoms with E-state index in [9.17, 15) is 14.7 Å². The van der Waals surface area contributed by atoms with Crippen molar-refractivity contribution >= 4 is 39.2 Å². The van der Waals surface area contributed by atoms with Crippen molar-refractivity contribution in [3.05, 3.63) is 57.6 Å². The van der Waals surface area contributed by atoms with Gasteiger partial charge in [0.15, 0.2) is 0 Å². The maximum Gasteiger partial charge on any atom is 0.329 e. The molecular formula is C23H26BrN3O3. The molecule has 0 saturated heterocycles. The molecule has 1 aliphatic heterocycles. The molecule has 1 fully saturated rings. The molecule has 158 valence electrons. The Morgan fingerprint density at radius 2 is 1.87 bits per heavy atom. The van der Waals surface area contributed by atoms with Crippen molar-refractivity contribution in [3.63, 3.8) is 0 Å². The van der Waals surface area contributed by atoms with Crippen LogP contribution in [0.2, 0.25) is 0 Å². The Bertz CT molecular complexity index is 1000. The number of amides is 3. The molecular weight excluding hydrogens is 446 g/mol. The highest BCUT2D eigenvalue weighted by Crippen LogP contribution is 2.41. The summed E-state index contributed by atoms with van der Waals surface area (Å²) in [6, 6.07) is 10.0. The van der Waals surface area contributed by atoms with Crippen molar-refractivity contribution in [2.75, 3.05) is 10.2 Å². The Morgan fingerprint density at radius 3 is 2.57 bits per heavy atom. The normalized spacial score (nSPS) is 21.7. The SMILES string of the molecule is Cc1ccc(N2C(=O)Nc3ccc(Br)cc3C2(O)C(=O)NC2CCCCC2)cc1C. The first-order chi connectivity index (χ1) is 14.3. The lowest BCUT2D eigenvalue weighted by molar-refractivity contribution is -0.141. The molecule has 2 aromatic carbocycles. The molecule has 1 aliphatic carbocycles. The van der Waals surface area contributed by atoms with E-state index in [0.717, 1.165) is 48.1 Å². The molecule has 4 rings (SSSR count). The molecule has 1 atom stereocenters. The molecule has 1 saturated carbocycles. The van der Waals surface area contributed by atoms with Crippen LogP contribution in [0.1, 0.15) is 48.8 Å². The Hall–Kier alpha value is -2.38. The van der Waals surface area contributed by atoms with Crippen LogP contribution in [0.25, 0.3) is 0 Å². The molecule has 1 unspecified atom stereocenters. The smallest absolute Gasteiger partial charge is 0.329 e. The van der Waals surface area contributed by atoms with Crippen LogP contribution in [0.15, 0.2) is 40.9 Å². The highest BCUT2D eigenvalue weighted by atomic mass is 79.9. The number of nitrogens with one attached hydrogen (secondary N) is 2. The quantitative estimate of drug-likeness (QED) is 0.605. The number of benzene rings is 2. The van der Waals surface area contributed by atoms with E-state index in [2.05, 4.69) is 26.6 Å². The largest absolute Gasteiger partial charge is 0.359 e. The summed E-state index contributed by atoms with van der Waals surface area (Å²) in [5, 5.41) is 17.7. The summed E-state index contributed by atoms with van der Waals surface area (Å²) in [6.45, 7) is 3.91. The fourth-order valence-electron chi connectivity index (χ4n) is 4.28. The topological polar surface area (TPSA) is 81.7 Å². The highest BCUT2D eigenvalue weighted by Gasteiger charge is 2.52. The molecule has 6 nitrogen and oxygen atoms in total. The number of aryl methyl sites for hydroxylation is 2. The van der Waals surface area contributed by atoms with Crippen molar-refractivity contribution in [3.8, 4) is 0 Å². The third kappa shape index (κ3) is 3.61. The van der Waals surface area contributed by atoms with E-state index in [1.807, 2.05) is 26.0 Å². The first-order valence-electron chi connectivity index (χ1n) is 10.3. The standard InChI is InChI=1S/C23H26BrN3O3/c1-14-8-10-18(12-15(14)2)27-22(29)26-20-11-9-16(24)13-19(20)23(27,30)21(28)25-17-6-4-3-5-7-17/h8-13,17,30H,3-7H2,1-2H3,(H,25,28)(H,26,29). The van der Waals surface area contributed by atoms with Crippen molar-refractivity contribution in [2.24, 2.45) is 0 Å². The average molecular weight is 472 g/mol. The van der Waals surface area contributed by atoms with Crippen LogP contribution in [0.3, 0.4) is 0 Å². The van der Waals surface area contributed by atoms with Crippen molar-refractivity contribution < 1.29 is 14.7 Å². The minimum Gasteiger partial charge on any atom is -0.359 e. The minimum absolute atomic E-state index is 0.00234. The maximum absolute atomic E-state index is 13.5. The zero-order chi connectivity index (χ0) is 21.5. The van der Waals surface area contributed by atoms with E-state index in [1.54, 1.807) is 24.3 Å². The molecule has 2 aliphatic rings. The van der Waals surface area contributed by atoms with Crippen LogP contribution in [-0.2, 0) is 10.5 Å². The summed E-state index contributed by atoms with van der Waals surface area (Å²) < 4.78 is 0.710. The van der Waals surface area contributed by atoms with Crippen LogP contribution in [0, 0.1) is 13.8 Å². The van der Waals surface area contributed by atoms with Crippen molar-refractivity contribution in [1.29, 1.82) is 0 Å². The molecule has 30 heavy (non-hydrogen) atoms. The van der Waals surface area contributed by atoms with Crippen LogP contribution >= 0.6 is 15.9 Å². The third-order valence-electron chi connectivity index (χ3n) is 6.13. The van der Waals surface area contributed by atoms with Gasteiger partial charge in [-0.25, -0.2) is 4.79 Å². The number of anilines is 2. The van der Waals surface area contributed by atoms with E-state index in [4.69, 9.17) is 0 Å². The lowest BCUT2D eigenvalue weighted by atomic mass is 9.92. The molecule has 2 aromatic rings. The van der Waals surface area contributed by atoms with Crippen LogP contribution < -0.4 is 15.5 Å². The van der Waals surface area contributed by atoms with E-state index in [-0.39, 0.29) is 6.04 Å². The average Bonchev–Trinajstić information content (AvgIpc) is 2.72. The summed E-state index contributed by atoms with van der Waals surface area (Å²) in [7, 11) is 0. The van der Waals surface area contributed by atoms with E-state index in [1.165, 1.54) is 0 Å². The lowest BCUT2D eigenvalue weighted by Crippen LogP contribution is -2.63. The number of halogens is 1. The zero-order valence-electron chi connectivity index (χ0n) is 17.2. The molecule has 3 N–H and O–H groups in total. The first kappa shape index (κ1) is 20.9. The van der Waals surface area contributed by atoms with Crippen LogP contribution in [0.5, 0.6) is 0 Å². The number of aliphatic hydroxyl groups is 1. The monoisotopic (exact) mass is 471 g/mol. The van der Waals surface area contributed by atoms with Gasteiger partial charge in [-0.3, -0.25) is 9.69 Å². The summed E-state index contributed by atoms with van der Waals surface area (Å²) >= 11 is 3.43. The Morgan fingerprint density at radius 1 is 1.13 bits per heavy atom. The van der Waals surface area contributed by atoms with Gasteiger partial charge >= 0.3 is 6.03 Å². The lowest BCUT2D eigenvalue weighted by Gasteiger charge is -2.43. The Labute approximate surface area is 184 Å². The number of fused-ring (bicyclic) bond motifs is 1. The number of rotatable bonds is 3. The van der Waals surface area contributed by atoms with Gasteiger partial charge in [0.05, 0.1) is 5.69 Å². The molecule has 0 radical (unpaired) electrons. The van der Waals surface area contributed by atoms with Crippen molar-refractivity contribution in [2.45, 2.75) is 57.7 Å². The molecule has 1 heterocycles. The second-order valence-corrected chi connectivity index (χ2v) is 9.12. The first-order valence-corrected chi connectivity index (χ1v) is 11.1. The number of carbonyl (C=O) groups excluding carboxylic acids is 2. The van der Waals surface area contributed by atoms with Gasteiger partial charge in [-0.1, -0.05) is 41.3 Å². The van der Waals surface area contributed by atoms with Gasteiger partial charge in [0, 0.05) is 21.8 Å². The van der Waals surface area contributed by atoms with Gasteiger partial charge in [0.25, 0.3) is 11.6 Å². The summed E-state index contributed by atoms with van der Waals surface area (Å²) in [4.78, 5) is 27.8. The van der Waals surface area contributed by atoms with Gasteiger partial charge in [0.1, 0.15) is 0 Å². The Kier molecular flexibility index (Phi) is 5.59. The second-order valence-electron chi connectivity index (χ2n) is 8.20. The van der Waals surface area contributed by atoms with Gasteiger partial charge in [-0.2, -0.15) is 0 Å². The number of hydrogen-bond donors (Lipinski definition) is 3. The van der Waals surface area contributed by atoms with Crippen molar-refractivity contribution in [1.82, 2.24) is 5.32 Å². The maximum atomic E-state index is 13.5. The van der Waals surface area contributed by atoms with Crippen LogP contribution in [0.4, 0.5) is 16.2 Å². The number of nitrogens with zero attached hydrogens (tertiary/aromatic N) is 1. The number of hydrogen-bond acceptors (Lipinski definition) is 3. The van der Waals surface area contributed by atoms with E-state index in [0.29, 0.717) is 21.4 Å². The summed E-state index contributed by atoms with van der Waals surface area (Å²) in [5.74, 6) is -0.582. The fraction of sp³-hybridized carbons (Fsp3) is 0.391. The van der Waals surface area contributed by atoms with E-state index >= 15 is 0 Å².